The highest BCUT2D eigenvalue weighted by Crippen LogP contribution is 2.35. The molecule has 0 saturated heterocycles. The molecule has 30 heavy (non-hydrogen) atoms. The lowest BCUT2D eigenvalue weighted by molar-refractivity contribution is -0.165. The fraction of sp³-hybridized carbons (Fsp3) is 0.522. The van der Waals surface area contributed by atoms with Gasteiger partial charge in [0.1, 0.15) is 17.7 Å². The standard InChI is InChI=1S/C23H27NO6/c1-14(2)18-6-4-15(3)8-20(18)30-22(25)12-27-23(26)17(11-24)9-16-5-7-19-21(10-16)29-13-28-19/h5,7,9-10,14-15,18,20H,4,6,8,12-13H2,1-3H3/b17-9+/t15-,18-,20-/m1/s1. The topological polar surface area (TPSA) is 94.9 Å². The van der Waals surface area contributed by atoms with Gasteiger partial charge in [0, 0.05) is 0 Å². The lowest BCUT2D eigenvalue weighted by atomic mass is 9.75. The van der Waals surface area contributed by atoms with Crippen LogP contribution in [0.4, 0.5) is 0 Å². The van der Waals surface area contributed by atoms with Crippen molar-refractivity contribution < 1.29 is 28.5 Å². The molecule has 3 atom stereocenters. The number of hydrogen-bond acceptors (Lipinski definition) is 7. The Labute approximate surface area is 176 Å². The molecular weight excluding hydrogens is 386 g/mol. The second kappa shape index (κ2) is 9.66. The predicted octanol–water partition coefficient (Wildman–Crippen LogP) is 3.87. The molecule has 7 heteroatoms. The van der Waals surface area contributed by atoms with E-state index in [4.69, 9.17) is 18.9 Å². The van der Waals surface area contributed by atoms with Crippen LogP contribution in [0.2, 0.25) is 0 Å². The first-order valence-electron chi connectivity index (χ1n) is 10.3. The van der Waals surface area contributed by atoms with Crippen LogP contribution >= 0.6 is 0 Å². The van der Waals surface area contributed by atoms with Gasteiger partial charge in [0.05, 0.1) is 0 Å². The van der Waals surface area contributed by atoms with Crippen LogP contribution in [-0.4, -0.2) is 31.4 Å². The summed E-state index contributed by atoms with van der Waals surface area (Å²) in [6.07, 6.45) is 4.18. The Balaban J connectivity index is 1.57. The number of fused-ring (bicyclic) bond motifs is 1. The molecule has 3 rings (SSSR count). The summed E-state index contributed by atoms with van der Waals surface area (Å²) in [5.41, 5.74) is 0.374. The summed E-state index contributed by atoms with van der Waals surface area (Å²) in [4.78, 5) is 24.5. The zero-order valence-corrected chi connectivity index (χ0v) is 17.6. The van der Waals surface area contributed by atoms with E-state index in [0.29, 0.717) is 34.8 Å². The lowest BCUT2D eigenvalue weighted by Gasteiger charge is -2.36. The van der Waals surface area contributed by atoms with Gasteiger partial charge in [-0.15, -0.1) is 0 Å². The smallest absolute Gasteiger partial charge is 0.349 e. The summed E-state index contributed by atoms with van der Waals surface area (Å²) in [7, 11) is 0. The molecule has 1 aromatic rings. The maximum absolute atomic E-state index is 12.3. The number of nitriles is 1. The minimum absolute atomic E-state index is 0.134. The Morgan fingerprint density at radius 3 is 2.77 bits per heavy atom. The van der Waals surface area contributed by atoms with E-state index in [2.05, 4.69) is 20.8 Å². The van der Waals surface area contributed by atoms with Crippen LogP contribution in [0.5, 0.6) is 11.5 Å². The predicted molar refractivity (Wildman–Crippen MR) is 108 cm³/mol. The zero-order valence-electron chi connectivity index (χ0n) is 17.6. The van der Waals surface area contributed by atoms with Gasteiger partial charge in [-0.3, -0.25) is 0 Å². The third-order valence-corrected chi connectivity index (χ3v) is 5.61. The van der Waals surface area contributed by atoms with Gasteiger partial charge >= 0.3 is 11.9 Å². The number of hydrogen-bond donors (Lipinski definition) is 0. The summed E-state index contributed by atoms with van der Waals surface area (Å²) in [6, 6.07) is 6.87. The van der Waals surface area contributed by atoms with Crippen LogP contribution in [0.1, 0.15) is 45.6 Å². The van der Waals surface area contributed by atoms with Gasteiger partial charge in [-0.2, -0.15) is 5.26 Å². The number of ether oxygens (including phenoxy) is 4. The highest BCUT2D eigenvalue weighted by molar-refractivity contribution is 5.98. The highest BCUT2D eigenvalue weighted by Gasteiger charge is 2.33. The molecule has 0 spiro atoms. The van der Waals surface area contributed by atoms with Crippen LogP contribution in [0.3, 0.4) is 0 Å². The van der Waals surface area contributed by atoms with E-state index in [0.717, 1.165) is 19.3 Å². The third-order valence-electron chi connectivity index (χ3n) is 5.61. The molecule has 1 saturated carbocycles. The van der Waals surface area contributed by atoms with Crippen LogP contribution in [-0.2, 0) is 19.1 Å². The molecule has 1 fully saturated rings. The summed E-state index contributed by atoms with van der Waals surface area (Å²) >= 11 is 0. The minimum atomic E-state index is -0.871. The van der Waals surface area contributed by atoms with E-state index in [1.807, 2.05) is 6.07 Å². The van der Waals surface area contributed by atoms with E-state index in [1.54, 1.807) is 18.2 Å². The van der Waals surface area contributed by atoms with Crippen LogP contribution in [0.15, 0.2) is 23.8 Å². The van der Waals surface area contributed by atoms with Crippen molar-refractivity contribution in [3.05, 3.63) is 29.3 Å². The SMILES string of the molecule is CC(C)[C@H]1CC[C@@H](C)C[C@H]1OC(=O)COC(=O)/C(C#N)=C/c1ccc2c(c1)OCO2. The zero-order chi connectivity index (χ0) is 21.7. The lowest BCUT2D eigenvalue weighted by Crippen LogP contribution is -2.36. The Hall–Kier alpha value is -3.01. The summed E-state index contributed by atoms with van der Waals surface area (Å²) < 4.78 is 21.2. The van der Waals surface area contributed by atoms with Crippen molar-refractivity contribution in [1.82, 2.24) is 0 Å². The fourth-order valence-corrected chi connectivity index (χ4v) is 3.96. The van der Waals surface area contributed by atoms with Crippen molar-refractivity contribution in [1.29, 1.82) is 5.26 Å². The number of esters is 2. The molecule has 0 unspecified atom stereocenters. The van der Waals surface area contributed by atoms with Crippen molar-refractivity contribution in [3.8, 4) is 17.6 Å². The molecule has 7 nitrogen and oxygen atoms in total. The van der Waals surface area contributed by atoms with Gasteiger partial charge in [-0.25, -0.2) is 9.59 Å². The maximum atomic E-state index is 12.3. The van der Waals surface area contributed by atoms with E-state index >= 15 is 0 Å². The maximum Gasteiger partial charge on any atom is 0.349 e. The Morgan fingerprint density at radius 2 is 2.03 bits per heavy atom. The van der Waals surface area contributed by atoms with E-state index in [-0.39, 0.29) is 18.5 Å². The number of benzene rings is 1. The molecule has 2 aliphatic rings. The van der Waals surface area contributed by atoms with Gasteiger partial charge < -0.3 is 18.9 Å². The molecule has 1 aliphatic heterocycles. The molecule has 0 bridgehead atoms. The largest absolute Gasteiger partial charge is 0.460 e. The first-order valence-corrected chi connectivity index (χ1v) is 10.3. The van der Waals surface area contributed by atoms with Crippen molar-refractivity contribution in [2.45, 2.75) is 46.1 Å². The van der Waals surface area contributed by atoms with E-state index < -0.39 is 18.5 Å². The van der Waals surface area contributed by atoms with Gasteiger partial charge in [0.2, 0.25) is 6.79 Å². The molecule has 1 aromatic carbocycles. The second-order valence-corrected chi connectivity index (χ2v) is 8.21. The van der Waals surface area contributed by atoms with Crippen molar-refractivity contribution in [3.63, 3.8) is 0 Å². The van der Waals surface area contributed by atoms with Crippen LogP contribution in [0, 0.1) is 29.1 Å². The molecule has 0 N–H and O–H groups in total. The molecule has 1 heterocycles. The normalized spacial score (nSPS) is 23.0. The Kier molecular flexibility index (Phi) is 6.99. The summed E-state index contributed by atoms with van der Waals surface area (Å²) in [5, 5.41) is 9.31. The van der Waals surface area contributed by atoms with Crippen LogP contribution in [0.25, 0.3) is 6.08 Å². The molecule has 0 amide bonds. The van der Waals surface area contributed by atoms with E-state index in [1.165, 1.54) is 6.08 Å². The third kappa shape index (κ3) is 5.32. The quantitative estimate of drug-likeness (QED) is 0.397. The molecule has 0 radical (unpaired) electrons. The van der Waals surface area contributed by atoms with Crippen molar-refractivity contribution in [2.75, 3.05) is 13.4 Å². The number of carbonyl (C=O) groups is 2. The monoisotopic (exact) mass is 413 g/mol. The van der Waals surface area contributed by atoms with Crippen molar-refractivity contribution >= 4 is 18.0 Å². The summed E-state index contributed by atoms with van der Waals surface area (Å²) in [5.74, 6) is 0.898. The highest BCUT2D eigenvalue weighted by atomic mass is 16.7. The summed E-state index contributed by atoms with van der Waals surface area (Å²) in [6.45, 7) is 6.02. The van der Waals surface area contributed by atoms with Gasteiger partial charge in [0.15, 0.2) is 18.1 Å². The Morgan fingerprint density at radius 1 is 1.27 bits per heavy atom. The molecule has 160 valence electrons. The van der Waals surface area contributed by atoms with Gasteiger partial charge in [0.25, 0.3) is 0 Å². The molecule has 1 aliphatic carbocycles. The average Bonchev–Trinajstić information content (AvgIpc) is 3.18. The average molecular weight is 413 g/mol. The first-order chi connectivity index (χ1) is 14.4. The fourth-order valence-electron chi connectivity index (χ4n) is 3.96. The second-order valence-electron chi connectivity index (χ2n) is 8.21. The molecular formula is C23H27NO6. The van der Waals surface area contributed by atoms with E-state index in [9.17, 15) is 14.9 Å². The van der Waals surface area contributed by atoms with Crippen molar-refractivity contribution in [2.24, 2.45) is 17.8 Å². The van der Waals surface area contributed by atoms with Gasteiger partial charge in [-0.05, 0) is 54.4 Å². The number of nitrogens with zero attached hydrogens (tertiary/aromatic N) is 1. The first kappa shape index (κ1) is 21.7. The van der Waals surface area contributed by atoms with Gasteiger partial charge in [-0.1, -0.05) is 33.3 Å². The number of carbonyl (C=O) groups excluding carboxylic acids is 2. The Bertz CT molecular complexity index is 869. The van der Waals surface area contributed by atoms with Crippen LogP contribution < -0.4 is 9.47 Å². The molecule has 0 aromatic heterocycles. The number of rotatable bonds is 6. The minimum Gasteiger partial charge on any atom is -0.460 e.